The summed E-state index contributed by atoms with van der Waals surface area (Å²) in [4.78, 5) is 25.2. The van der Waals surface area contributed by atoms with Gasteiger partial charge in [0.2, 0.25) is 11.8 Å². The zero-order valence-corrected chi connectivity index (χ0v) is 13.0. The fourth-order valence-electron chi connectivity index (χ4n) is 2.20. The van der Waals surface area contributed by atoms with Crippen LogP contribution >= 0.6 is 0 Å². The zero-order chi connectivity index (χ0) is 15.8. The largest absolute Gasteiger partial charge is 0.359 e. The second-order valence-electron chi connectivity index (χ2n) is 5.36. The molecule has 116 valence electrons. The summed E-state index contributed by atoms with van der Waals surface area (Å²) in [5.74, 6) is -0.445. The highest BCUT2D eigenvalue weighted by Gasteiger charge is 2.21. The third kappa shape index (κ3) is 5.55. The molecule has 2 atom stereocenters. The molecule has 1 unspecified atom stereocenters. The SMILES string of the molecule is CNC(=O)C(C)CN(C)C(=O)[C@@H](N)CCc1ccccc1. The van der Waals surface area contributed by atoms with E-state index in [1.54, 1.807) is 21.0 Å². The Labute approximate surface area is 126 Å². The zero-order valence-electron chi connectivity index (χ0n) is 13.0. The molecule has 0 spiro atoms. The molecule has 3 N–H and O–H groups in total. The van der Waals surface area contributed by atoms with Gasteiger partial charge in [-0.1, -0.05) is 37.3 Å². The van der Waals surface area contributed by atoms with Crippen molar-refractivity contribution in [3.63, 3.8) is 0 Å². The van der Waals surface area contributed by atoms with Gasteiger partial charge in [0.05, 0.1) is 12.0 Å². The smallest absolute Gasteiger partial charge is 0.239 e. The maximum absolute atomic E-state index is 12.2. The summed E-state index contributed by atoms with van der Waals surface area (Å²) in [6, 6.07) is 9.41. The van der Waals surface area contributed by atoms with Crippen LogP contribution in [0.5, 0.6) is 0 Å². The number of rotatable bonds is 7. The summed E-state index contributed by atoms with van der Waals surface area (Å²) in [6.45, 7) is 2.16. The van der Waals surface area contributed by atoms with E-state index in [2.05, 4.69) is 5.32 Å². The Hall–Kier alpha value is -1.88. The van der Waals surface area contributed by atoms with Crippen molar-refractivity contribution in [2.24, 2.45) is 11.7 Å². The summed E-state index contributed by atoms with van der Waals surface area (Å²) in [6.07, 6.45) is 1.37. The molecule has 2 amide bonds. The quantitative estimate of drug-likeness (QED) is 0.780. The molecule has 1 rings (SSSR count). The van der Waals surface area contributed by atoms with Crippen molar-refractivity contribution in [2.75, 3.05) is 20.6 Å². The molecule has 0 fully saturated rings. The Morgan fingerprint density at radius 2 is 1.90 bits per heavy atom. The van der Waals surface area contributed by atoms with Crippen LogP contribution < -0.4 is 11.1 Å². The Bertz CT molecular complexity index is 462. The lowest BCUT2D eigenvalue weighted by atomic mass is 10.0. The van der Waals surface area contributed by atoms with Crippen molar-refractivity contribution in [3.05, 3.63) is 35.9 Å². The minimum Gasteiger partial charge on any atom is -0.359 e. The van der Waals surface area contributed by atoms with Gasteiger partial charge in [-0.3, -0.25) is 9.59 Å². The van der Waals surface area contributed by atoms with Gasteiger partial charge in [0, 0.05) is 20.6 Å². The van der Waals surface area contributed by atoms with Crippen molar-refractivity contribution in [2.45, 2.75) is 25.8 Å². The average molecular weight is 291 g/mol. The molecule has 0 aliphatic carbocycles. The molecule has 0 aromatic heterocycles. The Balaban J connectivity index is 2.44. The number of hydrogen-bond acceptors (Lipinski definition) is 3. The third-order valence-corrected chi connectivity index (χ3v) is 3.52. The van der Waals surface area contributed by atoms with Crippen molar-refractivity contribution in [1.29, 1.82) is 0 Å². The van der Waals surface area contributed by atoms with Gasteiger partial charge < -0.3 is 16.0 Å². The standard InChI is InChI=1S/C16H25N3O2/c1-12(15(20)18-2)11-19(3)16(21)14(17)10-9-13-7-5-4-6-8-13/h4-8,12,14H,9-11,17H2,1-3H3,(H,18,20)/t12?,14-/m0/s1. The summed E-state index contributed by atoms with van der Waals surface area (Å²) in [5, 5.41) is 2.58. The normalized spacial score (nSPS) is 13.3. The molecule has 0 bridgehead atoms. The Morgan fingerprint density at radius 3 is 2.48 bits per heavy atom. The highest BCUT2D eigenvalue weighted by molar-refractivity contribution is 5.83. The molecular formula is C16H25N3O2. The number of aryl methyl sites for hydroxylation is 1. The summed E-state index contributed by atoms with van der Waals surface area (Å²) < 4.78 is 0. The van der Waals surface area contributed by atoms with Crippen LogP contribution in [-0.4, -0.2) is 43.4 Å². The number of benzene rings is 1. The maximum atomic E-state index is 12.2. The van der Waals surface area contributed by atoms with Crippen molar-refractivity contribution >= 4 is 11.8 Å². The molecule has 21 heavy (non-hydrogen) atoms. The molecule has 0 aliphatic rings. The second kappa shape index (κ2) is 8.42. The number of hydrogen-bond donors (Lipinski definition) is 2. The Kier molecular flexibility index (Phi) is 6.88. The van der Waals surface area contributed by atoms with E-state index >= 15 is 0 Å². The van der Waals surface area contributed by atoms with E-state index < -0.39 is 6.04 Å². The van der Waals surface area contributed by atoms with Gasteiger partial charge in [0.25, 0.3) is 0 Å². The Morgan fingerprint density at radius 1 is 1.29 bits per heavy atom. The van der Waals surface area contributed by atoms with Crippen LogP contribution in [0.15, 0.2) is 30.3 Å². The first kappa shape index (κ1) is 17.2. The highest BCUT2D eigenvalue weighted by Crippen LogP contribution is 2.07. The summed E-state index contributed by atoms with van der Waals surface area (Å²) in [7, 11) is 3.27. The number of nitrogens with one attached hydrogen (secondary N) is 1. The van der Waals surface area contributed by atoms with E-state index in [0.29, 0.717) is 13.0 Å². The van der Waals surface area contributed by atoms with Crippen LogP contribution in [0.1, 0.15) is 18.9 Å². The molecule has 0 heterocycles. The number of carbonyl (C=O) groups excluding carboxylic acids is 2. The van der Waals surface area contributed by atoms with Gasteiger partial charge in [0.1, 0.15) is 0 Å². The van der Waals surface area contributed by atoms with E-state index in [1.165, 1.54) is 10.5 Å². The number of nitrogens with two attached hydrogens (primary N) is 1. The van der Waals surface area contributed by atoms with Gasteiger partial charge >= 0.3 is 0 Å². The van der Waals surface area contributed by atoms with E-state index in [0.717, 1.165) is 6.42 Å². The van der Waals surface area contributed by atoms with Crippen molar-refractivity contribution in [1.82, 2.24) is 10.2 Å². The first-order valence-corrected chi connectivity index (χ1v) is 7.21. The molecule has 0 aliphatic heterocycles. The minimum atomic E-state index is -0.535. The van der Waals surface area contributed by atoms with E-state index in [-0.39, 0.29) is 17.7 Å². The number of nitrogens with zero attached hydrogens (tertiary/aromatic N) is 1. The van der Waals surface area contributed by atoms with Gasteiger partial charge in [-0.05, 0) is 18.4 Å². The molecule has 1 aromatic carbocycles. The molecule has 1 aromatic rings. The maximum Gasteiger partial charge on any atom is 0.239 e. The number of carbonyl (C=O) groups is 2. The molecular weight excluding hydrogens is 266 g/mol. The second-order valence-corrected chi connectivity index (χ2v) is 5.36. The van der Waals surface area contributed by atoms with Gasteiger partial charge in [-0.15, -0.1) is 0 Å². The monoisotopic (exact) mass is 291 g/mol. The van der Waals surface area contributed by atoms with Crippen LogP contribution in [0.2, 0.25) is 0 Å². The predicted molar refractivity (Wildman–Crippen MR) is 83.6 cm³/mol. The van der Waals surface area contributed by atoms with Gasteiger partial charge in [0.15, 0.2) is 0 Å². The lowest BCUT2D eigenvalue weighted by Crippen LogP contribution is -2.45. The highest BCUT2D eigenvalue weighted by atomic mass is 16.2. The fourth-order valence-corrected chi connectivity index (χ4v) is 2.20. The molecule has 5 heteroatoms. The fraction of sp³-hybridized carbons (Fsp3) is 0.500. The lowest BCUT2D eigenvalue weighted by Gasteiger charge is -2.24. The predicted octanol–water partition coefficient (Wildman–Crippen LogP) is 0.787. The third-order valence-electron chi connectivity index (χ3n) is 3.52. The molecule has 0 saturated carbocycles. The van der Waals surface area contributed by atoms with Crippen molar-refractivity contribution in [3.8, 4) is 0 Å². The summed E-state index contributed by atoms with van der Waals surface area (Å²) >= 11 is 0. The van der Waals surface area contributed by atoms with Crippen molar-refractivity contribution < 1.29 is 9.59 Å². The lowest BCUT2D eigenvalue weighted by molar-refractivity contribution is -0.133. The molecule has 5 nitrogen and oxygen atoms in total. The van der Waals surface area contributed by atoms with E-state index in [4.69, 9.17) is 5.73 Å². The van der Waals surface area contributed by atoms with E-state index in [1.807, 2.05) is 30.3 Å². The van der Waals surface area contributed by atoms with Crippen LogP contribution in [0.25, 0.3) is 0 Å². The topological polar surface area (TPSA) is 75.4 Å². The number of likely N-dealkylation sites (N-methyl/N-ethyl adjacent to an activating group) is 1. The minimum absolute atomic E-state index is 0.0764. The first-order valence-electron chi connectivity index (χ1n) is 7.21. The van der Waals surface area contributed by atoms with Crippen LogP contribution in [-0.2, 0) is 16.0 Å². The first-order chi connectivity index (χ1) is 9.95. The molecule has 0 radical (unpaired) electrons. The van der Waals surface area contributed by atoms with Crippen LogP contribution in [0.3, 0.4) is 0 Å². The van der Waals surface area contributed by atoms with Crippen LogP contribution in [0, 0.1) is 5.92 Å². The van der Waals surface area contributed by atoms with Gasteiger partial charge in [-0.2, -0.15) is 0 Å². The number of amides is 2. The van der Waals surface area contributed by atoms with E-state index in [9.17, 15) is 9.59 Å². The average Bonchev–Trinajstić information content (AvgIpc) is 2.51. The molecule has 0 saturated heterocycles. The summed E-state index contributed by atoms with van der Waals surface area (Å²) in [5.41, 5.74) is 7.13. The van der Waals surface area contributed by atoms with Crippen LogP contribution in [0.4, 0.5) is 0 Å². The van der Waals surface area contributed by atoms with Gasteiger partial charge in [-0.25, -0.2) is 0 Å².